The van der Waals surface area contributed by atoms with Gasteiger partial charge in [0.2, 0.25) is 5.28 Å². The maximum Gasteiger partial charge on any atom is 0.224 e. The normalized spacial score (nSPS) is 16.2. The van der Waals surface area contributed by atoms with Gasteiger partial charge in [-0.2, -0.15) is 4.98 Å². The number of halogens is 1. The molecule has 0 atom stereocenters. The Morgan fingerprint density at radius 2 is 2.07 bits per heavy atom. The van der Waals surface area contributed by atoms with Crippen molar-refractivity contribution < 1.29 is 0 Å². The molecule has 0 unspecified atom stereocenters. The Labute approximate surface area is 94.5 Å². The Hall–Kier alpha value is -1.03. The quantitative estimate of drug-likeness (QED) is 0.784. The number of nitrogen functional groups attached to an aromatic ring is 1. The van der Waals surface area contributed by atoms with Crippen LogP contribution in [0.25, 0.3) is 0 Å². The van der Waals surface area contributed by atoms with Gasteiger partial charge in [-0.05, 0) is 37.8 Å². The number of anilines is 2. The fourth-order valence-corrected chi connectivity index (χ4v) is 1.96. The van der Waals surface area contributed by atoms with E-state index in [0.29, 0.717) is 11.7 Å². The van der Waals surface area contributed by atoms with Gasteiger partial charge in [-0.1, -0.05) is 0 Å². The Bertz CT molecular complexity index is 376. The smallest absolute Gasteiger partial charge is 0.224 e. The average Bonchev–Trinajstić information content (AvgIpc) is 2.08. The lowest BCUT2D eigenvalue weighted by atomic mass is 9.92. The van der Waals surface area contributed by atoms with E-state index in [0.717, 1.165) is 11.5 Å². The molecule has 0 bridgehead atoms. The zero-order valence-corrected chi connectivity index (χ0v) is 9.75. The molecular formula is C10H15ClN4. The van der Waals surface area contributed by atoms with Crippen LogP contribution in [0.4, 0.5) is 11.5 Å². The first-order chi connectivity index (χ1) is 7.09. The van der Waals surface area contributed by atoms with Crippen LogP contribution in [0.5, 0.6) is 0 Å². The highest BCUT2D eigenvalue weighted by Crippen LogP contribution is 2.31. The third-order valence-electron chi connectivity index (χ3n) is 3.05. The van der Waals surface area contributed by atoms with Crippen molar-refractivity contribution >= 4 is 23.1 Å². The van der Waals surface area contributed by atoms with Gasteiger partial charge in [0.05, 0.1) is 11.4 Å². The topological polar surface area (TPSA) is 55.0 Å². The number of hydrogen-bond acceptors (Lipinski definition) is 4. The van der Waals surface area contributed by atoms with Gasteiger partial charge in [-0.25, -0.2) is 4.98 Å². The lowest BCUT2D eigenvalue weighted by molar-refractivity contribution is 0.399. The summed E-state index contributed by atoms with van der Waals surface area (Å²) >= 11 is 5.83. The van der Waals surface area contributed by atoms with Crippen LogP contribution in [-0.4, -0.2) is 23.1 Å². The largest absolute Gasteiger partial charge is 0.394 e. The molecule has 82 valence electrons. The summed E-state index contributed by atoms with van der Waals surface area (Å²) in [7, 11) is 2.01. The predicted molar refractivity (Wildman–Crippen MR) is 62.2 cm³/mol. The summed E-state index contributed by atoms with van der Waals surface area (Å²) in [5, 5.41) is 0.267. The van der Waals surface area contributed by atoms with Crippen molar-refractivity contribution in [2.24, 2.45) is 0 Å². The van der Waals surface area contributed by atoms with Crippen molar-refractivity contribution in [3.8, 4) is 0 Å². The van der Waals surface area contributed by atoms with E-state index in [1.165, 1.54) is 19.3 Å². The highest BCUT2D eigenvalue weighted by molar-refractivity contribution is 6.28. The first-order valence-corrected chi connectivity index (χ1v) is 5.50. The van der Waals surface area contributed by atoms with E-state index >= 15 is 0 Å². The molecule has 1 fully saturated rings. The molecule has 1 aromatic rings. The van der Waals surface area contributed by atoms with Crippen LogP contribution in [0.2, 0.25) is 5.28 Å². The lowest BCUT2D eigenvalue weighted by Crippen LogP contribution is -2.38. The lowest BCUT2D eigenvalue weighted by Gasteiger charge is -2.36. The average molecular weight is 227 g/mol. The second-order valence-corrected chi connectivity index (χ2v) is 4.35. The molecule has 2 rings (SSSR count). The van der Waals surface area contributed by atoms with Crippen LogP contribution in [0.15, 0.2) is 0 Å². The van der Waals surface area contributed by atoms with Crippen molar-refractivity contribution in [2.45, 2.75) is 32.2 Å². The highest BCUT2D eigenvalue weighted by Gasteiger charge is 2.25. The number of aromatic nitrogens is 2. The molecule has 1 saturated carbocycles. The summed E-state index contributed by atoms with van der Waals surface area (Å²) in [5.41, 5.74) is 7.32. The molecule has 0 radical (unpaired) electrons. The molecular weight excluding hydrogens is 212 g/mol. The molecule has 0 aliphatic heterocycles. The minimum Gasteiger partial charge on any atom is -0.394 e. The summed E-state index contributed by atoms with van der Waals surface area (Å²) in [6, 6.07) is 0.553. The summed E-state index contributed by atoms with van der Waals surface area (Å²) in [6.45, 7) is 1.85. The molecule has 2 N–H and O–H groups in total. The standard InChI is InChI=1S/C10H15ClN4/c1-6-8(12)9(14-10(11)13-6)15(2)7-4-3-5-7/h7H,3-5,12H2,1-2H3. The molecule has 0 aromatic carbocycles. The zero-order valence-electron chi connectivity index (χ0n) is 9.00. The van der Waals surface area contributed by atoms with E-state index in [9.17, 15) is 0 Å². The second kappa shape index (κ2) is 3.85. The molecule has 15 heavy (non-hydrogen) atoms. The number of nitrogens with zero attached hydrogens (tertiary/aromatic N) is 3. The fraction of sp³-hybridized carbons (Fsp3) is 0.600. The SMILES string of the molecule is Cc1nc(Cl)nc(N(C)C2CCC2)c1N. The Morgan fingerprint density at radius 1 is 1.40 bits per heavy atom. The van der Waals surface area contributed by atoms with Crippen LogP contribution in [0, 0.1) is 6.92 Å². The van der Waals surface area contributed by atoms with Gasteiger partial charge in [0.15, 0.2) is 5.82 Å². The minimum atomic E-state index is 0.267. The predicted octanol–water partition coefficient (Wildman–Crippen LogP) is 2.01. The van der Waals surface area contributed by atoms with Crippen LogP contribution in [-0.2, 0) is 0 Å². The van der Waals surface area contributed by atoms with E-state index in [2.05, 4.69) is 14.9 Å². The fourth-order valence-electron chi connectivity index (χ4n) is 1.75. The molecule has 1 aliphatic carbocycles. The van der Waals surface area contributed by atoms with Gasteiger partial charge in [0.25, 0.3) is 0 Å². The Balaban J connectivity index is 2.33. The summed E-state index contributed by atoms with van der Waals surface area (Å²) in [4.78, 5) is 10.3. The molecule has 5 heteroatoms. The van der Waals surface area contributed by atoms with Crippen molar-refractivity contribution in [1.82, 2.24) is 9.97 Å². The van der Waals surface area contributed by atoms with Gasteiger partial charge in [0.1, 0.15) is 0 Å². The number of rotatable bonds is 2. The second-order valence-electron chi connectivity index (χ2n) is 4.01. The van der Waals surface area contributed by atoms with Crippen LogP contribution in [0.3, 0.4) is 0 Å². The van der Waals surface area contributed by atoms with E-state index in [-0.39, 0.29) is 5.28 Å². The molecule has 4 nitrogen and oxygen atoms in total. The Morgan fingerprint density at radius 3 is 2.60 bits per heavy atom. The maximum absolute atomic E-state index is 5.94. The van der Waals surface area contributed by atoms with Crippen LogP contribution < -0.4 is 10.6 Å². The van der Waals surface area contributed by atoms with Gasteiger partial charge in [-0.3, -0.25) is 0 Å². The van der Waals surface area contributed by atoms with Gasteiger partial charge < -0.3 is 10.6 Å². The molecule has 0 saturated heterocycles. The number of hydrogen-bond donors (Lipinski definition) is 1. The third-order valence-corrected chi connectivity index (χ3v) is 3.21. The van der Waals surface area contributed by atoms with Crippen LogP contribution >= 0.6 is 11.6 Å². The van der Waals surface area contributed by atoms with Crippen molar-refractivity contribution in [3.63, 3.8) is 0 Å². The number of nitrogens with two attached hydrogens (primary N) is 1. The highest BCUT2D eigenvalue weighted by atomic mass is 35.5. The van der Waals surface area contributed by atoms with Gasteiger partial charge in [0, 0.05) is 13.1 Å². The van der Waals surface area contributed by atoms with Crippen LogP contribution in [0.1, 0.15) is 25.0 Å². The molecule has 0 amide bonds. The van der Waals surface area contributed by atoms with E-state index in [1.54, 1.807) is 0 Å². The van der Waals surface area contributed by atoms with E-state index < -0.39 is 0 Å². The monoisotopic (exact) mass is 226 g/mol. The first kappa shape index (κ1) is 10.5. The Kier molecular flexibility index (Phi) is 2.69. The molecule has 1 aliphatic rings. The molecule has 1 aromatic heterocycles. The van der Waals surface area contributed by atoms with Gasteiger partial charge in [-0.15, -0.1) is 0 Å². The van der Waals surface area contributed by atoms with Crippen molar-refractivity contribution in [2.75, 3.05) is 17.7 Å². The third kappa shape index (κ3) is 1.86. The summed E-state index contributed by atoms with van der Waals surface area (Å²) in [6.07, 6.45) is 3.69. The maximum atomic E-state index is 5.94. The zero-order chi connectivity index (χ0) is 11.0. The van der Waals surface area contributed by atoms with E-state index in [1.807, 2.05) is 14.0 Å². The van der Waals surface area contributed by atoms with E-state index in [4.69, 9.17) is 17.3 Å². The van der Waals surface area contributed by atoms with Crippen molar-refractivity contribution in [3.05, 3.63) is 11.0 Å². The number of aryl methyl sites for hydroxylation is 1. The minimum absolute atomic E-state index is 0.267. The first-order valence-electron chi connectivity index (χ1n) is 5.12. The molecule has 0 spiro atoms. The molecule has 1 heterocycles. The van der Waals surface area contributed by atoms with Crippen molar-refractivity contribution in [1.29, 1.82) is 0 Å². The van der Waals surface area contributed by atoms with Gasteiger partial charge >= 0.3 is 0 Å². The summed E-state index contributed by atoms with van der Waals surface area (Å²) in [5.74, 6) is 0.761. The summed E-state index contributed by atoms with van der Waals surface area (Å²) < 4.78 is 0.